The molecule has 0 saturated carbocycles. The predicted molar refractivity (Wildman–Crippen MR) is 66.4 cm³/mol. The Balaban J connectivity index is 3.06. The Labute approximate surface area is 110 Å². The van der Waals surface area contributed by atoms with E-state index in [1.807, 2.05) is 6.07 Å². The van der Waals surface area contributed by atoms with E-state index in [4.69, 9.17) is 9.68 Å². The minimum atomic E-state index is -0.355. The average molecular weight is 348 g/mol. The second-order valence-electron chi connectivity index (χ2n) is 3.14. The van der Waals surface area contributed by atoms with E-state index in [-0.39, 0.29) is 11.5 Å². The molecule has 0 atom stereocenters. The van der Waals surface area contributed by atoms with Crippen LogP contribution >= 0.6 is 31.9 Å². The van der Waals surface area contributed by atoms with Crippen LogP contribution in [0.1, 0.15) is 5.76 Å². The monoisotopic (exact) mass is 346 g/mol. The molecule has 0 spiro atoms. The summed E-state index contributed by atoms with van der Waals surface area (Å²) >= 11 is 6.42. The van der Waals surface area contributed by atoms with Gasteiger partial charge in [0, 0.05) is 20.2 Å². The molecule has 1 heterocycles. The second kappa shape index (κ2) is 5.32. The van der Waals surface area contributed by atoms with Crippen LogP contribution in [-0.4, -0.2) is 24.9 Å². The maximum atomic E-state index is 11.5. The largest absolute Gasteiger partial charge is 0.449 e. The zero-order valence-corrected chi connectivity index (χ0v) is 11.8. The lowest BCUT2D eigenvalue weighted by molar-refractivity contribution is -0.124. The predicted octanol–water partition coefficient (Wildman–Crippen LogP) is 2.80. The standard InChI is InChI=1S/C10H8Br2N2O2/c1-14(2)10(15)6(5-13)3-7-4-8(11)9(12)16-7/h3-4H,1-2H3/b6-3-. The van der Waals surface area contributed by atoms with Gasteiger partial charge in [0.25, 0.3) is 5.91 Å². The minimum Gasteiger partial charge on any atom is -0.449 e. The van der Waals surface area contributed by atoms with Crippen LogP contribution in [-0.2, 0) is 4.79 Å². The number of hydrogen-bond donors (Lipinski definition) is 0. The summed E-state index contributed by atoms with van der Waals surface area (Å²) < 4.78 is 6.50. The van der Waals surface area contributed by atoms with Gasteiger partial charge in [-0.1, -0.05) is 0 Å². The lowest BCUT2D eigenvalue weighted by Gasteiger charge is -2.07. The summed E-state index contributed by atoms with van der Waals surface area (Å²) in [5.74, 6) is 0.0802. The van der Waals surface area contributed by atoms with Crippen molar-refractivity contribution in [3.8, 4) is 6.07 Å². The van der Waals surface area contributed by atoms with Crippen molar-refractivity contribution in [3.63, 3.8) is 0 Å². The number of amides is 1. The lowest BCUT2D eigenvalue weighted by atomic mass is 10.2. The maximum Gasteiger partial charge on any atom is 0.264 e. The number of carbonyl (C=O) groups is 1. The molecule has 6 heteroatoms. The first-order chi connectivity index (χ1) is 7.45. The summed E-state index contributed by atoms with van der Waals surface area (Å²) in [5, 5.41) is 8.85. The van der Waals surface area contributed by atoms with Crippen molar-refractivity contribution in [3.05, 3.63) is 26.5 Å². The van der Waals surface area contributed by atoms with E-state index in [2.05, 4.69) is 31.9 Å². The molecule has 1 rings (SSSR count). The van der Waals surface area contributed by atoms with E-state index in [0.717, 1.165) is 4.47 Å². The fourth-order valence-corrected chi connectivity index (χ4v) is 1.57. The van der Waals surface area contributed by atoms with E-state index in [9.17, 15) is 4.79 Å². The normalized spacial score (nSPS) is 11.1. The Kier molecular flexibility index (Phi) is 4.33. The fraction of sp³-hybridized carbons (Fsp3) is 0.200. The molecule has 0 saturated heterocycles. The first kappa shape index (κ1) is 13.0. The molecule has 1 amide bonds. The molecule has 0 aliphatic carbocycles. The molecule has 0 fully saturated rings. The van der Waals surface area contributed by atoms with Gasteiger partial charge in [-0.05, 0) is 37.9 Å². The molecule has 84 valence electrons. The molecule has 0 aliphatic rings. The van der Waals surface area contributed by atoms with Gasteiger partial charge in [-0.25, -0.2) is 0 Å². The van der Waals surface area contributed by atoms with Gasteiger partial charge in [0.15, 0.2) is 4.67 Å². The molecule has 0 bridgehead atoms. The second-order valence-corrected chi connectivity index (χ2v) is 4.71. The number of hydrogen-bond acceptors (Lipinski definition) is 3. The van der Waals surface area contributed by atoms with Gasteiger partial charge in [-0.15, -0.1) is 0 Å². The molecule has 0 radical (unpaired) electrons. The van der Waals surface area contributed by atoms with Crippen LogP contribution < -0.4 is 0 Å². The number of nitriles is 1. The van der Waals surface area contributed by atoms with Crippen LogP contribution in [0.5, 0.6) is 0 Å². The van der Waals surface area contributed by atoms with Crippen molar-refractivity contribution in [2.24, 2.45) is 0 Å². The maximum absolute atomic E-state index is 11.5. The Morgan fingerprint density at radius 2 is 2.19 bits per heavy atom. The highest BCUT2D eigenvalue weighted by Crippen LogP contribution is 2.27. The Morgan fingerprint density at radius 3 is 2.56 bits per heavy atom. The summed E-state index contributed by atoms with van der Waals surface area (Å²) in [6.45, 7) is 0. The third-order valence-corrected chi connectivity index (χ3v) is 3.42. The Bertz CT molecular complexity index is 464. The molecule has 16 heavy (non-hydrogen) atoms. The number of nitrogens with zero attached hydrogens (tertiary/aromatic N) is 2. The zero-order valence-electron chi connectivity index (χ0n) is 8.62. The molecular weight excluding hydrogens is 340 g/mol. The van der Waals surface area contributed by atoms with Crippen LogP contribution in [0.15, 0.2) is 25.2 Å². The quantitative estimate of drug-likeness (QED) is 0.610. The van der Waals surface area contributed by atoms with Gasteiger partial charge in [-0.3, -0.25) is 4.79 Å². The van der Waals surface area contributed by atoms with Gasteiger partial charge >= 0.3 is 0 Å². The van der Waals surface area contributed by atoms with Crippen molar-refractivity contribution in [1.29, 1.82) is 5.26 Å². The molecule has 0 unspecified atom stereocenters. The molecule has 0 aromatic carbocycles. The summed E-state index contributed by atoms with van der Waals surface area (Å²) in [7, 11) is 3.17. The zero-order chi connectivity index (χ0) is 12.3. The third-order valence-electron chi connectivity index (χ3n) is 1.71. The van der Waals surface area contributed by atoms with Crippen molar-refractivity contribution in [2.75, 3.05) is 14.1 Å². The van der Waals surface area contributed by atoms with Crippen LogP contribution in [0.4, 0.5) is 0 Å². The molecule has 1 aromatic rings. The number of rotatable bonds is 2. The first-order valence-electron chi connectivity index (χ1n) is 4.24. The number of furan rings is 1. The SMILES string of the molecule is CN(C)C(=O)/C(C#N)=C\c1cc(Br)c(Br)o1. The highest BCUT2D eigenvalue weighted by Gasteiger charge is 2.13. The molecule has 4 nitrogen and oxygen atoms in total. The van der Waals surface area contributed by atoms with Crippen molar-refractivity contribution >= 4 is 43.8 Å². The topological polar surface area (TPSA) is 57.2 Å². The Hall–Kier alpha value is -1.06. The minimum absolute atomic E-state index is 0.0266. The molecule has 0 N–H and O–H groups in total. The average Bonchev–Trinajstić information content (AvgIpc) is 2.53. The van der Waals surface area contributed by atoms with E-state index < -0.39 is 0 Å². The highest BCUT2D eigenvalue weighted by molar-refractivity contribution is 9.13. The fourth-order valence-electron chi connectivity index (χ4n) is 0.959. The first-order valence-corrected chi connectivity index (χ1v) is 5.82. The van der Waals surface area contributed by atoms with E-state index in [1.54, 1.807) is 20.2 Å². The number of halogens is 2. The lowest BCUT2D eigenvalue weighted by Crippen LogP contribution is -2.22. The van der Waals surface area contributed by atoms with Gasteiger partial charge in [-0.2, -0.15) is 5.26 Å². The summed E-state index contributed by atoms with van der Waals surface area (Å²) in [5.41, 5.74) is 0.0266. The van der Waals surface area contributed by atoms with Crippen LogP contribution in [0.2, 0.25) is 0 Å². The number of carbonyl (C=O) groups excluding carboxylic acids is 1. The molecular formula is C10H8Br2N2O2. The van der Waals surface area contributed by atoms with Crippen LogP contribution in [0, 0.1) is 11.3 Å². The van der Waals surface area contributed by atoms with Gasteiger partial charge in [0.05, 0.1) is 4.47 Å². The van der Waals surface area contributed by atoms with Gasteiger partial charge < -0.3 is 9.32 Å². The van der Waals surface area contributed by atoms with E-state index in [0.29, 0.717) is 10.4 Å². The smallest absolute Gasteiger partial charge is 0.264 e. The van der Waals surface area contributed by atoms with Crippen molar-refractivity contribution in [1.82, 2.24) is 4.90 Å². The van der Waals surface area contributed by atoms with Crippen molar-refractivity contribution in [2.45, 2.75) is 0 Å². The highest BCUT2D eigenvalue weighted by atomic mass is 79.9. The summed E-state index contributed by atoms with van der Waals surface area (Å²) in [6.07, 6.45) is 1.40. The number of likely N-dealkylation sites (N-methyl/N-ethyl adjacent to an activating group) is 1. The Morgan fingerprint density at radius 1 is 1.56 bits per heavy atom. The third kappa shape index (κ3) is 2.97. The summed E-state index contributed by atoms with van der Waals surface area (Å²) in [6, 6.07) is 3.51. The molecule has 1 aromatic heterocycles. The van der Waals surface area contributed by atoms with E-state index >= 15 is 0 Å². The van der Waals surface area contributed by atoms with Gasteiger partial charge in [0.1, 0.15) is 17.4 Å². The van der Waals surface area contributed by atoms with Crippen molar-refractivity contribution < 1.29 is 9.21 Å². The van der Waals surface area contributed by atoms with Gasteiger partial charge in [0.2, 0.25) is 0 Å². The van der Waals surface area contributed by atoms with E-state index in [1.165, 1.54) is 11.0 Å². The van der Waals surface area contributed by atoms with Crippen LogP contribution in [0.3, 0.4) is 0 Å². The molecule has 0 aliphatic heterocycles. The summed E-state index contributed by atoms with van der Waals surface area (Å²) in [4.78, 5) is 12.9. The van der Waals surface area contributed by atoms with Crippen LogP contribution in [0.25, 0.3) is 6.08 Å².